The van der Waals surface area contributed by atoms with Crippen molar-refractivity contribution in [2.24, 2.45) is 0 Å². The Morgan fingerprint density at radius 2 is 2.42 bits per heavy atom. The van der Waals surface area contributed by atoms with Crippen molar-refractivity contribution in [2.45, 2.75) is 12.8 Å². The lowest BCUT2D eigenvalue weighted by Gasteiger charge is -2.21. The molecule has 1 aliphatic rings. The predicted octanol–water partition coefficient (Wildman–Crippen LogP) is 3.95. The Hall–Kier alpha value is -2.13. The van der Waals surface area contributed by atoms with Crippen LogP contribution in [-0.2, 0) is 6.42 Å². The Kier molecular flexibility index (Phi) is 3.05. The van der Waals surface area contributed by atoms with Crippen LogP contribution in [0, 0.1) is 12.4 Å². The third-order valence-corrected chi connectivity index (χ3v) is 3.46. The van der Waals surface area contributed by atoms with Crippen LogP contribution < -0.4 is 9.47 Å². The number of rotatable bonds is 2. The van der Waals surface area contributed by atoms with Crippen molar-refractivity contribution < 1.29 is 13.9 Å². The van der Waals surface area contributed by atoms with Crippen molar-refractivity contribution >= 4 is 17.0 Å². The molecule has 19 heavy (non-hydrogen) atoms. The van der Waals surface area contributed by atoms with E-state index in [-0.39, 0.29) is 5.69 Å². The molecule has 0 fully saturated rings. The number of ether oxygens (including phenoxy) is 2. The molecule has 0 saturated carbocycles. The van der Waals surface area contributed by atoms with E-state index >= 15 is 0 Å². The summed E-state index contributed by atoms with van der Waals surface area (Å²) in [6.07, 6.45) is 3.15. The Labute approximate surface area is 113 Å². The molecule has 3 rings (SSSR count). The summed E-state index contributed by atoms with van der Waals surface area (Å²) in [5.74, 6) is 0.0737. The van der Waals surface area contributed by atoms with E-state index in [1.165, 1.54) is 17.4 Å². The summed E-state index contributed by atoms with van der Waals surface area (Å²) in [6, 6.07) is 1.24. The van der Waals surface area contributed by atoms with E-state index in [1.54, 1.807) is 11.6 Å². The summed E-state index contributed by atoms with van der Waals surface area (Å²) in [7, 11) is 0. The number of benzene rings is 1. The number of aromatic nitrogens is 1. The van der Waals surface area contributed by atoms with Crippen LogP contribution in [0.25, 0.3) is 4.85 Å². The largest absolute Gasteiger partial charge is 0.504 e. The summed E-state index contributed by atoms with van der Waals surface area (Å²) >= 11 is 1.33. The zero-order valence-corrected chi connectivity index (χ0v) is 10.7. The van der Waals surface area contributed by atoms with Crippen LogP contribution >= 0.6 is 11.3 Å². The molecule has 1 aliphatic heterocycles. The molecule has 0 spiro atoms. The van der Waals surface area contributed by atoms with Gasteiger partial charge < -0.3 is 9.47 Å². The minimum Gasteiger partial charge on any atom is -0.504 e. The number of thiazole rings is 1. The fourth-order valence-corrected chi connectivity index (χ4v) is 2.50. The fraction of sp³-hybridized carbons (Fsp3) is 0.231. The Bertz CT molecular complexity index is 650. The van der Waals surface area contributed by atoms with Gasteiger partial charge in [-0.05, 0) is 12.8 Å². The Morgan fingerprint density at radius 1 is 1.53 bits per heavy atom. The van der Waals surface area contributed by atoms with Gasteiger partial charge in [0, 0.05) is 23.2 Å². The van der Waals surface area contributed by atoms with Crippen molar-refractivity contribution in [3.8, 4) is 16.7 Å². The zero-order chi connectivity index (χ0) is 13.2. The minimum atomic E-state index is -0.623. The van der Waals surface area contributed by atoms with Gasteiger partial charge in [0.25, 0.3) is 10.9 Å². The van der Waals surface area contributed by atoms with Crippen LogP contribution in [0.1, 0.15) is 12.0 Å². The van der Waals surface area contributed by atoms with Gasteiger partial charge in [-0.2, -0.15) is 0 Å². The SMILES string of the molecule is [C-]#[N+]c1c(F)cc(Oc2nccs2)c2c1OCCC2. The number of nitrogens with zero attached hydrogens (tertiary/aromatic N) is 2. The molecule has 0 radical (unpaired) electrons. The van der Waals surface area contributed by atoms with Crippen molar-refractivity contribution in [1.29, 1.82) is 0 Å². The van der Waals surface area contributed by atoms with Gasteiger partial charge in [-0.25, -0.2) is 14.2 Å². The lowest BCUT2D eigenvalue weighted by Crippen LogP contribution is -2.10. The molecule has 96 valence electrons. The average molecular weight is 276 g/mol. The molecule has 1 aromatic carbocycles. The first-order valence-electron chi connectivity index (χ1n) is 5.72. The number of hydrogen-bond acceptors (Lipinski definition) is 4. The summed E-state index contributed by atoms with van der Waals surface area (Å²) in [6.45, 7) is 7.54. The Balaban J connectivity index is 2.10. The predicted molar refractivity (Wildman–Crippen MR) is 68.7 cm³/mol. The highest BCUT2D eigenvalue weighted by Gasteiger charge is 2.24. The van der Waals surface area contributed by atoms with Crippen LogP contribution in [0.15, 0.2) is 17.6 Å². The summed E-state index contributed by atoms with van der Waals surface area (Å²) in [5, 5.41) is 2.23. The van der Waals surface area contributed by atoms with Crippen molar-refractivity contribution in [3.63, 3.8) is 0 Å². The van der Waals surface area contributed by atoms with Gasteiger partial charge in [0.2, 0.25) is 0 Å². The van der Waals surface area contributed by atoms with Gasteiger partial charge in [-0.1, -0.05) is 11.3 Å². The van der Waals surface area contributed by atoms with E-state index in [2.05, 4.69) is 9.83 Å². The highest BCUT2D eigenvalue weighted by Crippen LogP contribution is 2.44. The average Bonchev–Trinajstić information content (AvgIpc) is 2.92. The zero-order valence-electron chi connectivity index (χ0n) is 9.85. The molecule has 0 saturated heterocycles. The smallest absolute Gasteiger partial charge is 0.278 e. The molecular weight excluding hydrogens is 267 g/mol. The van der Waals surface area contributed by atoms with E-state index in [1.807, 2.05) is 0 Å². The maximum Gasteiger partial charge on any atom is 0.278 e. The molecule has 0 atom stereocenters. The van der Waals surface area contributed by atoms with Gasteiger partial charge in [0.15, 0.2) is 0 Å². The maximum absolute atomic E-state index is 13.9. The molecule has 0 unspecified atom stereocenters. The van der Waals surface area contributed by atoms with Gasteiger partial charge >= 0.3 is 0 Å². The Morgan fingerprint density at radius 3 is 3.16 bits per heavy atom. The van der Waals surface area contributed by atoms with Gasteiger partial charge in [-0.3, -0.25) is 0 Å². The van der Waals surface area contributed by atoms with Crippen molar-refractivity contribution in [1.82, 2.24) is 4.98 Å². The highest BCUT2D eigenvalue weighted by molar-refractivity contribution is 7.11. The molecule has 1 aromatic heterocycles. The van der Waals surface area contributed by atoms with E-state index in [4.69, 9.17) is 16.0 Å². The summed E-state index contributed by atoms with van der Waals surface area (Å²) in [4.78, 5) is 7.21. The third-order valence-electron chi connectivity index (χ3n) is 2.81. The molecule has 0 aliphatic carbocycles. The first-order valence-corrected chi connectivity index (χ1v) is 6.60. The molecular formula is C13H9FN2O2S. The molecule has 6 heteroatoms. The number of fused-ring (bicyclic) bond motifs is 1. The second-order valence-electron chi connectivity index (χ2n) is 3.98. The number of hydrogen-bond donors (Lipinski definition) is 0. The lowest BCUT2D eigenvalue weighted by molar-refractivity contribution is 0.285. The minimum absolute atomic E-state index is 0.0683. The first-order chi connectivity index (χ1) is 9.29. The van der Waals surface area contributed by atoms with E-state index < -0.39 is 5.82 Å². The van der Waals surface area contributed by atoms with Crippen molar-refractivity contribution in [3.05, 3.63) is 40.4 Å². The quantitative estimate of drug-likeness (QED) is 0.779. The van der Waals surface area contributed by atoms with Crippen LogP contribution in [-0.4, -0.2) is 11.6 Å². The molecule has 4 nitrogen and oxygen atoms in total. The molecule has 0 N–H and O–H groups in total. The van der Waals surface area contributed by atoms with Crippen LogP contribution in [0.2, 0.25) is 0 Å². The highest BCUT2D eigenvalue weighted by atomic mass is 32.1. The van der Waals surface area contributed by atoms with Crippen molar-refractivity contribution in [2.75, 3.05) is 6.61 Å². The lowest BCUT2D eigenvalue weighted by atomic mass is 10.0. The number of halogens is 1. The summed E-state index contributed by atoms with van der Waals surface area (Å²) in [5.41, 5.74) is 0.676. The van der Waals surface area contributed by atoms with Gasteiger partial charge in [-0.15, -0.1) is 0 Å². The summed E-state index contributed by atoms with van der Waals surface area (Å²) < 4.78 is 24.9. The van der Waals surface area contributed by atoms with E-state index in [0.29, 0.717) is 29.7 Å². The standard InChI is InChI=1S/C13H9FN2O2S/c1-15-11-9(14)7-10(18-13-16-4-6-19-13)8-3-2-5-17-12(8)11/h4,6-7H,2-3,5H2. The van der Waals surface area contributed by atoms with Gasteiger partial charge in [0.05, 0.1) is 13.2 Å². The van der Waals surface area contributed by atoms with E-state index in [0.717, 1.165) is 12.0 Å². The van der Waals surface area contributed by atoms with Crippen LogP contribution in [0.3, 0.4) is 0 Å². The molecule has 2 heterocycles. The van der Waals surface area contributed by atoms with Crippen LogP contribution in [0.4, 0.5) is 10.1 Å². The maximum atomic E-state index is 13.9. The normalized spacial score (nSPS) is 13.3. The monoisotopic (exact) mass is 276 g/mol. The van der Waals surface area contributed by atoms with Crippen LogP contribution in [0.5, 0.6) is 16.7 Å². The first kappa shape index (κ1) is 11.9. The van der Waals surface area contributed by atoms with E-state index in [9.17, 15) is 4.39 Å². The third kappa shape index (κ3) is 2.13. The second-order valence-corrected chi connectivity index (χ2v) is 4.83. The molecule has 0 amide bonds. The fourth-order valence-electron chi connectivity index (χ4n) is 2.00. The topological polar surface area (TPSA) is 35.7 Å². The second kappa shape index (κ2) is 4.86. The van der Waals surface area contributed by atoms with Gasteiger partial charge in [0.1, 0.15) is 17.3 Å². The molecule has 0 bridgehead atoms. The molecule has 2 aromatic rings.